The van der Waals surface area contributed by atoms with Gasteiger partial charge in [-0.1, -0.05) is 6.07 Å². The zero-order valence-electron chi connectivity index (χ0n) is 19.3. The average Bonchev–Trinajstić information content (AvgIpc) is 3.57. The highest BCUT2D eigenvalue weighted by atomic mass is 32.1. The second-order valence-corrected chi connectivity index (χ2v) is 8.40. The second kappa shape index (κ2) is 8.79. The van der Waals surface area contributed by atoms with Gasteiger partial charge in [0, 0.05) is 29.2 Å². The van der Waals surface area contributed by atoms with E-state index in [-0.39, 0.29) is 12.1 Å². The van der Waals surface area contributed by atoms with Crippen LogP contribution in [0, 0.1) is 13.8 Å². The normalized spacial score (nSPS) is 17.6. The number of hydrogen-bond donors (Lipinski definition) is 1. The number of benzene rings is 1. The summed E-state index contributed by atoms with van der Waals surface area (Å²) in [5, 5.41) is 12.0. The van der Waals surface area contributed by atoms with Crippen molar-refractivity contribution in [1.82, 2.24) is 29.9 Å². The molecule has 1 saturated heterocycles. The molecule has 4 heterocycles. The minimum atomic E-state index is -0.180. The Morgan fingerprint density at radius 3 is 2.47 bits per heavy atom. The predicted octanol–water partition coefficient (Wildman–Crippen LogP) is 3.60. The quantitative estimate of drug-likeness (QED) is 0.424. The van der Waals surface area contributed by atoms with Gasteiger partial charge in [0.1, 0.15) is 24.2 Å². The molecule has 10 heteroatoms. The Kier molecular flexibility index (Phi) is 5.66. The van der Waals surface area contributed by atoms with Gasteiger partial charge in [0.05, 0.1) is 37.7 Å². The number of ether oxygens (including phenoxy) is 2. The fourth-order valence-corrected chi connectivity index (χ4v) is 4.98. The number of rotatable bonds is 6. The Balaban J connectivity index is 1.70. The van der Waals surface area contributed by atoms with E-state index < -0.39 is 0 Å². The fraction of sp³-hybridized carbons (Fsp3) is 0.250. The van der Waals surface area contributed by atoms with Crippen LogP contribution in [0.1, 0.15) is 34.7 Å². The number of anilines is 1. The van der Waals surface area contributed by atoms with Crippen molar-refractivity contribution in [1.29, 1.82) is 0 Å². The van der Waals surface area contributed by atoms with E-state index in [1.54, 1.807) is 33.1 Å². The van der Waals surface area contributed by atoms with E-state index in [0.29, 0.717) is 16.6 Å². The molecule has 0 spiro atoms. The van der Waals surface area contributed by atoms with E-state index in [0.717, 1.165) is 28.3 Å². The highest BCUT2D eigenvalue weighted by Crippen LogP contribution is 2.46. The molecule has 9 nitrogen and oxygen atoms in total. The number of aromatic nitrogens is 5. The van der Waals surface area contributed by atoms with Gasteiger partial charge < -0.3 is 19.7 Å². The van der Waals surface area contributed by atoms with Crippen LogP contribution in [-0.4, -0.2) is 43.9 Å². The molecule has 0 radical (unpaired) electrons. The standard InChI is InChI=1S/C24H25N7O2S/c1-15-11-18(16(2)31(15)29-13-26-27-14-29)23-22(19-7-5-6-10-25-19)28-24(34)30(23)20-9-8-17(32-3)12-21(20)33-4/h5-14,22-23H,1-4H3,(H,28,34)/t22-,23+/m1/s1. The topological polar surface area (TPSA) is 82.3 Å². The monoisotopic (exact) mass is 475 g/mol. The van der Waals surface area contributed by atoms with E-state index in [4.69, 9.17) is 21.7 Å². The number of aryl methyl sites for hydroxylation is 1. The third kappa shape index (κ3) is 3.56. The van der Waals surface area contributed by atoms with Crippen LogP contribution in [-0.2, 0) is 0 Å². The second-order valence-electron chi connectivity index (χ2n) is 8.01. The van der Waals surface area contributed by atoms with Crippen molar-refractivity contribution in [2.24, 2.45) is 0 Å². The lowest BCUT2D eigenvalue weighted by Crippen LogP contribution is -2.30. The van der Waals surface area contributed by atoms with Crippen molar-refractivity contribution in [3.05, 3.63) is 84.0 Å². The SMILES string of the molecule is COc1ccc(N2C(=S)N[C@H](c3ccccn3)[C@@H]2c2cc(C)n(-n3cnnc3)c2C)c(OC)c1. The van der Waals surface area contributed by atoms with Crippen molar-refractivity contribution in [3.8, 4) is 11.5 Å². The molecule has 1 aliphatic rings. The van der Waals surface area contributed by atoms with Gasteiger partial charge in [0.15, 0.2) is 5.11 Å². The molecule has 0 unspecified atom stereocenters. The molecule has 2 atom stereocenters. The molecule has 34 heavy (non-hydrogen) atoms. The minimum absolute atomic E-state index is 0.171. The van der Waals surface area contributed by atoms with Gasteiger partial charge in [-0.15, -0.1) is 10.2 Å². The summed E-state index contributed by atoms with van der Waals surface area (Å²) in [6.07, 6.45) is 5.16. The summed E-state index contributed by atoms with van der Waals surface area (Å²) in [5.41, 5.74) is 4.95. The van der Waals surface area contributed by atoms with Crippen molar-refractivity contribution in [2.75, 3.05) is 19.1 Å². The lowest BCUT2D eigenvalue weighted by molar-refractivity contribution is 0.394. The smallest absolute Gasteiger partial charge is 0.174 e. The lowest BCUT2D eigenvalue weighted by atomic mass is 9.96. The van der Waals surface area contributed by atoms with Crippen LogP contribution < -0.4 is 19.7 Å². The summed E-state index contributed by atoms with van der Waals surface area (Å²) < 4.78 is 15.1. The minimum Gasteiger partial charge on any atom is -0.497 e. The summed E-state index contributed by atoms with van der Waals surface area (Å²) >= 11 is 5.88. The van der Waals surface area contributed by atoms with Crippen LogP contribution in [0.5, 0.6) is 11.5 Å². The van der Waals surface area contributed by atoms with Crippen LogP contribution >= 0.6 is 12.2 Å². The zero-order valence-corrected chi connectivity index (χ0v) is 20.2. The largest absolute Gasteiger partial charge is 0.497 e. The highest BCUT2D eigenvalue weighted by Gasteiger charge is 2.43. The first-order valence-corrected chi connectivity index (χ1v) is 11.2. The molecule has 5 rings (SSSR count). The van der Waals surface area contributed by atoms with Crippen molar-refractivity contribution in [2.45, 2.75) is 25.9 Å². The molecule has 1 N–H and O–H groups in total. The van der Waals surface area contributed by atoms with E-state index in [1.807, 2.05) is 41.1 Å². The molecule has 1 fully saturated rings. The van der Waals surface area contributed by atoms with Crippen molar-refractivity contribution < 1.29 is 9.47 Å². The number of hydrogen-bond acceptors (Lipinski definition) is 6. The molecule has 1 aromatic carbocycles. The third-order valence-electron chi connectivity index (χ3n) is 6.13. The summed E-state index contributed by atoms with van der Waals surface area (Å²) in [5.74, 6) is 1.38. The van der Waals surface area contributed by atoms with Gasteiger partial charge in [0.2, 0.25) is 0 Å². The van der Waals surface area contributed by atoms with Crippen LogP contribution in [0.4, 0.5) is 5.69 Å². The first-order valence-electron chi connectivity index (χ1n) is 10.8. The van der Waals surface area contributed by atoms with Crippen LogP contribution in [0.15, 0.2) is 61.3 Å². The highest BCUT2D eigenvalue weighted by molar-refractivity contribution is 7.80. The molecular formula is C24H25N7O2S. The number of nitrogens with one attached hydrogen (secondary N) is 1. The maximum atomic E-state index is 5.88. The maximum absolute atomic E-state index is 5.88. The molecule has 0 amide bonds. The van der Waals surface area contributed by atoms with Crippen LogP contribution in [0.2, 0.25) is 0 Å². The van der Waals surface area contributed by atoms with Gasteiger partial charge >= 0.3 is 0 Å². The van der Waals surface area contributed by atoms with Crippen LogP contribution in [0.3, 0.4) is 0 Å². The predicted molar refractivity (Wildman–Crippen MR) is 132 cm³/mol. The van der Waals surface area contributed by atoms with Gasteiger partial charge in [-0.25, -0.2) is 4.68 Å². The van der Waals surface area contributed by atoms with Crippen molar-refractivity contribution >= 4 is 23.0 Å². The Hall–Kier alpha value is -3.92. The van der Waals surface area contributed by atoms with Crippen LogP contribution in [0.25, 0.3) is 0 Å². The molecule has 174 valence electrons. The van der Waals surface area contributed by atoms with Gasteiger partial charge in [-0.2, -0.15) is 0 Å². The number of methoxy groups -OCH3 is 2. The van der Waals surface area contributed by atoms with E-state index in [1.165, 1.54) is 0 Å². The summed E-state index contributed by atoms with van der Waals surface area (Å²) in [6, 6.07) is 13.5. The summed E-state index contributed by atoms with van der Waals surface area (Å²) in [4.78, 5) is 6.75. The third-order valence-corrected chi connectivity index (χ3v) is 6.45. The van der Waals surface area contributed by atoms with Gasteiger partial charge in [-0.3, -0.25) is 9.66 Å². The number of thiocarbonyl (C=S) groups is 1. The average molecular weight is 476 g/mol. The molecule has 0 bridgehead atoms. The molecule has 3 aromatic heterocycles. The van der Waals surface area contributed by atoms with E-state index in [9.17, 15) is 0 Å². The van der Waals surface area contributed by atoms with E-state index >= 15 is 0 Å². The number of nitrogens with zero attached hydrogens (tertiary/aromatic N) is 6. The molecule has 1 aliphatic heterocycles. The van der Waals surface area contributed by atoms with Crippen molar-refractivity contribution in [3.63, 3.8) is 0 Å². The zero-order chi connectivity index (χ0) is 23.8. The van der Waals surface area contributed by atoms with Gasteiger partial charge in [-0.05, 0) is 56.4 Å². The molecule has 4 aromatic rings. The Labute approximate surface area is 202 Å². The molecule has 0 aliphatic carbocycles. The van der Waals surface area contributed by atoms with E-state index in [2.05, 4.69) is 50.0 Å². The van der Waals surface area contributed by atoms with Gasteiger partial charge in [0.25, 0.3) is 0 Å². The maximum Gasteiger partial charge on any atom is 0.174 e. The Morgan fingerprint density at radius 1 is 1.00 bits per heavy atom. The first-order chi connectivity index (χ1) is 16.5. The number of pyridine rings is 1. The summed E-state index contributed by atoms with van der Waals surface area (Å²) in [6.45, 7) is 4.15. The molecule has 0 saturated carbocycles. The lowest BCUT2D eigenvalue weighted by Gasteiger charge is -2.29. The molecular weight excluding hydrogens is 450 g/mol. The Bertz CT molecular complexity index is 1320. The summed E-state index contributed by atoms with van der Waals surface area (Å²) in [7, 11) is 3.28. The fourth-order valence-electron chi connectivity index (χ4n) is 4.65. The first kappa shape index (κ1) is 21.9. The Morgan fingerprint density at radius 2 is 1.79 bits per heavy atom.